The second-order valence-electron chi connectivity index (χ2n) is 3.30. The van der Waals surface area contributed by atoms with Crippen LogP contribution in [0.3, 0.4) is 0 Å². The van der Waals surface area contributed by atoms with E-state index in [1.165, 1.54) is 20.2 Å². The molecule has 1 aromatic rings. The maximum Gasteiger partial charge on any atom is 0.316 e. The lowest BCUT2D eigenvalue weighted by molar-refractivity contribution is -0.143. The monoisotopic (exact) mass is 207 g/mol. The van der Waals surface area contributed by atoms with E-state index < -0.39 is 11.9 Å². The topological polar surface area (TPSA) is 56.3 Å². The minimum absolute atomic E-state index is 0.257. The van der Waals surface area contributed by atoms with Gasteiger partial charge < -0.3 is 4.74 Å². The summed E-state index contributed by atoms with van der Waals surface area (Å²) in [7, 11) is 1.27. The number of nitrogens with zero attached hydrogens (tertiary/aromatic N) is 1. The summed E-state index contributed by atoms with van der Waals surface area (Å²) in [6.07, 6.45) is 3.08. The molecule has 0 bridgehead atoms. The fourth-order valence-electron chi connectivity index (χ4n) is 1.24. The van der Waals surface area contributed by atoms with Crippen LogP contribution in [-0.2, 0) is 9.53 Å². The molecule has 1 atom stereocenters. The van der Waals surface area contributed by atoms with E-state index in [-0.39, 0.29) is 5.78 Å². The van der Waals surface area contributed by atoms with Crippen LogP contribution in [0.15, 0.2) is 18.5 Å². The van der Waals surface area contributed by atoms with Crippen molar-refractivity contribution in [2.45, 2.75) is 13.8 Å². The van der Waals surface area contributed by atoms with Crippen molar-refractivity contribution in [2.24, 2.45) is 5.92 Å². The SMILES string of the molecule is COC(=O)C(C)C(=O)c1cnccc1C. The number of carbonyl (C=O) groups is 2. The minimum Gasteiger partial charge on any atom is -0.468 e. The number of esters is 1. The molecule has 0 radical (unpaired) electrons. The predicted octanol–water partition coefficient (Wildman–Crippen LogP) is 1.38. The summed E-state index contributed by atoms with van der Waals surface area (Å²) < 4.78 is 4.51. The van der Waals surface area contributed by atoms with Crippen molar-refractivity contribution >= 4 is 11.8 Å². The van der Waals surface area contributed by atoms with Gasteiger partial charge >= 0.3 is 5.97 Å². The van der Waals surface area contributed by atoms with Crippen LogP contribution in [-0.4, -0.2) is 23.8 Å². The van der Waals surface area contributed by atoms with E-state index in [1.807, 2.05) is 0 Å². The van der Waals surface area contributed by atoms with Gasteiger partial charge in [-0.05, 0) is 25.5 Å². The molecule has 0 aliphatic carbocycles. The van der Waals surface area contributed by atoms with Crippen molar-refractivity contribution in [1.29, 1.82) is 0 Å². The van der Waals surface area contributed by atoms with Crippen molar-refractivity contribution in [3.8, 4) is 0 Å². The number of aryl methyl sites for hydroxylation is 1. The normalized spacial score (nSPS) is 11.9. The van der Waals surface area contributed by atoms with Crippen molar-refractivity contribution < 1.29 is 14.3 Å². The molecule has 0 N–H and O–H groups in total. The molecule has 4 nitrogen and oxygen atoms in total. The van der Waals surface area contributed by atoms with Crippen LogP contribution < -0.4 is 0 Å². The van der Waals surface area contributed by atoms with Crippen LogP contribution in [0.1, 0.15) is 22.8 Å². The Morgan fingerprint density at radius 1 is 1.47 bits per heavy atom. The molecule has 0 fully saturated rings. The zero-order valence-electron chi connectivity index (χ0n) is 8.98. The quantitative estimate of drug-likeness (QED) is 0.427. The number of methoxy groups -OCH3 is 1. The molecule has 0 aliphatic rings. The second kappa shape index (κ2) is 4.68. The first kappa shape index (κ1) is 11.4. The lowest BCUT2D eigenvalue weighted by atomic mass is 9.98. The van der Waals surface area contributed by atoms with Crippen LogP contribution in [0.5, 0.6) is 0 Å². The average Bonchev–Trinajstić information content (AvgIpc) is 2.26. The van der Waals surface area contributed by atoms with E-state index in [1.54, 1.807) is 19.2 Å². The van der Waals surface area contributed by atoms with Crippen molar-refractivity contribution in [1.82, 2.24) is 4.98 Å². The van der Waals surface area contributed by atoms with Crippen LogP contribution in [0.4, 0.5) is 0 Å². The molecular weight excluding hydrogens is 194 g/mol. The van der Waals surface area contributed by atoms with Crippen molar-refractivity contribution in [3.05, 3.63) is 29.6 Å². The third-order valence-electron chi connectivity index (χ3n) is 2.25. The van der Waals surface area contributed by atoms with Gasteiger partial charge in [-0.3, -0.25) is 14.6 Å². The van der Waals surface area contributed by atoms with Gasteiger partial charge in [0.05, 0.1) is 7.11 Å². The number of rotatable bonds is 3. The van der Waals surface area contributed by atoms with Gasteiger partial charge in [0.2, 0.25) is 0 Å². The van der Waals surface area contributed by atoms with Gasteiger partial charge in [-0.15, -0.1) is 0 Å². The molecule has 1 unspecified atom stereocenters. The van der Waals surface area contributed by atoms with E-state index in [9.17, 15) is 9.59 Å². The van der Waals surface area contributed by atoms with Gasteiger partial charge in [-0.1, -0.05) is 0 Å². The summed E-state index contributed by atoms with van der Waals surface area (Å²) in [5.74, 6) is -1.56. The lowest BCUT2D eigenvalue weighted by Crippen LogP contribution is -2.23. The summed E-state index contributed by atoms with van der Waals surface area (Å²) in [5.41, 5.74) is 1.28. The molecule has 0 saturated carbocycles. The number of aromatic nitrogens is 1. The van der Waals surface area contributed by atoms with Crippen molar-refractivity contribution in [3.63, 3.8) is 0 Å². The highest BCUT2D eigenvalue weighted by Crippen LogP contribution is 2.12. The summed E-state index contributed by atoms with van der Waals surface area (Å²) in [4.78, 5) is 26.9. The number of ether oxygens (including phenoxy) is 1. The molecule has 1 rings (SSSR count). The molecule has 4 heteroatoms. The predicted molar refractivity (Wildman–Crippen MR) is 54.5 cm³/mol. The Kier molecular flexibility index (Phi) is 3.55. The highest BCUT2D eigenvalue weighted by molar-refractivity contribution is 6.08. The zero-order chi connectivity index (χ0) is 11.4. The lowest BCUT2D eigenvalue weighted by Gasteiger charge is -2.09. The minimum atomic E-state index is -0.780. The van der Waals surface area contributed by atoms with Crippen LogP contribution in [0.25, 0.3) is 0 Å². The van der Waals surface area contributed by atoms with Crippen molar-refractivity contribution in [2.75, 3.05) is 7.11 Å². The Bertz CT molecular complexity index is 387. The van der Waals surface area contributed by atoms with E-state index in [0.29, 0.717) is 5.56 Å². The Balaban J connectivity index is 2.95. The summed E-state index contributed by atoms with van der Waals surface area (Å²) in [6.45, 7) is 3.33. The zero-order valence-corrected chi connectivity index (χ0v) is 8.98. The Labute approximate surface area is 88.3 Å². The molecule has 0 amide bonds. The number of hydrogen-bond donors (Lipinski definition) is 0. The maximum atomic E-state index is 11.8. The molecule has 0 spiro atoms. The number of Topliss-reactive ketones (excluding diaryl/α,β-unsaturated/α-hetero) is 1. The largest absolute Gasteiger partial charge is 0.468 e. The summed E-state index contributed by atoms with van der Waals surface area (Å²) in [6, 6.07) is 1.73. The Morgan fingerprint density at radius 2 is 2.13 bits per heavy atom. The van der Waals surface area contributed by atoms with Crippen LogP contribution in [0, 0.1) is 12.8 Å². The highest BCUT2D eigenvalue weighted by atomic mass is 16.5. The first-order chi connectivity index (χ1) is 7.07. The van der Waals surface area contributed by atoms with Gasteiger partial charge in [-0.25, -0.2) is 0 Å². The average molecular weight is 207 g/mol. The number of pyridine rings is 1. The molecule has 15 heavy (non-hydrogen) atoms. The molecule has 0 aromatic carbocycles. The number of carbonyl (C=O) groups excluding carboxylic acids is 2. The first-order valence-electron chi connectivity index (χ1n) is 4.60. The van der Waals surface area contributed by atoms with Crippen LogP contribution in [0.2, 0.25) is 0 Å². The van der Waals surface area contributed by atoms with E-state index in [4.69, 9.17) is 0 Å². The van der Waals surface area contributed by atoms with Crippen LogP contribution >= 0.6 is 0 Å². The number of hydrogen-bond acceptors (Lipinski definition) is 4. The third kappa shape index (κ3) is 2.40. The molecular formula is C11H13NO3. The molecule has 0 saturated heterocycles. The molecule has 1 aromatic heterocycles. The van der Waals surface area contributed by atoms with Gasteiger partial charge in [-0.2, -0.15) is 0 Å². The smallest absolute Gasteiger partial charge is 0.316 e. The fourth-order valence-corrected chi connectivity index (χ4v) is 1.24. The fraction of sp³-hybridized carbons (Fsp3) is 0.364. The molecule has 1 heterocycles. The van der Waals surface area contributed by atoms with Gasteiger partial charge in [0.15, 0.2) is 5.78 Å². The van der Waals surface area contributed by atoms with Gasteiger partial charge in [0, 0.05) is 18.0 Å². The van der Waals surface area contributed by atoms with E-state index >= 15 is 0 Å². The van der Waals surface area contributed by atoms with E-state index in [0.717, 1.165) is 5.56 Å². The second-order valence-corrected chi connectivity index (χ2v) is 3.30. The van der Waals surface area contributed by atoms with Gasteiger partial charge in [0.25, 0.3) is 0 Å². The maximum absolute atomic E-state index is 11.8. The standard InChI is InChI=1S/C11H13NO3/c1-7-4-5-12-6-9(7)10(13)8(2)11(14)15-3/h4-6,8H,1-3H3. The summed E-state index contributed by atoms with van der Waals surface area (Å²) >= 11 is 0. The first-order valence-corrected chi connectivity index (χ1v) is 4.60. The molecule has 0 aliphatic heterocycles. The molecule has 80 valence electrons. The number of ketones is 1. The third-order valence-corrected chi connectivity index (χ3v) is 2.25. The Hall–Kier alpha value is -1.71. The van der Waals surface area contributed by atoms with Gasteiger partial charge in [0.1, 0.15) is 5.92 Å². The summed E-state index contributed by atoms with van der Waals surface area (Å²) in [5, 5.41) is 0. The highest BCUT2D eigenvalue weighted by Gasteiger charge is 2.24. The van der Waals surface area contributed by atoms with E-state index in [2.05, 4.69) is 9.72 Å². The Morgan fingerprint density at radius 3 is 2.67 bits per heavy atom.